The van der Waals surface area contributed by atoms with E-state index >= 15 is 0 Å². The normalized spacial score (nSPS) is 15.6. The lowest BCUT2D eigenvalue weighted by Crippen LogP contribution is -2.15. The van der Waals surface area contributed by atoms with Crippen LogP contribution in [0.5, 0.6) is 11.5 Å². The smallest absolute Gasteiger partial charge is 0.161 e. The van der Waals surface area contributed by atoms with Gasteiger partial charge in [-0.15, -0.1) is 0 Å². The van der Waals surface area contributed by atoms with Crippen molar-refractivity contribution >= 4 is 0 Å². The monoisotopic (exact) mass is 238 g/mol. The van der Waals surface area contributed by atoms with Crippen molar-refractivity contribution in [1.82, 2.24) is 0 Å². The SMILES string of the molecule is COCCCC(O)c1ccc2c(c1)OCCO2. The average Bonchev–Trinajstić information content (AvgIpc) is 2.38. The lowest BCUT2D eigenvalue weighted by molar-refractivity contribution is 0.134. The van der Waals surface area contributed by atoms with Crippen LogP contribution in [0.4, 0.5) is 0 Å². The first-order chi connectivity index (χ1) is 8.31. The third kappa shape index (κ3) is 3.11. The van der Waals surface area contributed by atoms with Crippen molar-refractivity contribution in [3.8, 4) is 11.5 Å². The van der Waals surface area contributed by atoms with Crippen molar-refractivity contribution in [2.24, 2.45) is 0 Å². The van der Waals surface area contributed by atoms with Crippen LogP contribution in [0.15, 0.2) is 18.2 Å². The minimum atomic E-state index is -0.471. The van der Waals surface area contributed by atoms with Crippen molar-refractivity contribution in [3.63, 3.8) is 0 Å². The van der Waals surface area contributed by atoms with Crippen LogP contribution in [0, 0.1) is 0 Å². The minimum absolute atomic E-state index is 0.471. The van der Waals surface area contributed by atoms with E-state index in [4.69, 9.17) is 14.2 Å². The Morgan fingerprint density at radius 3 is 2.82 bits per heavy atom. The second kappa shape index (κ2) is 5.89. The maximum absolute atomic E-state index is 10.00. The van der Waals surface area contributed by atoms with Crippen molar-refractivity contribution in [2.45, 2.75) is 18.9 Å². The van der Waals surface area contributed by atoms with Crippen molar-refractivity contribution in [3.05, 3.63) is 23.8 Å². The Morgan fingerprint density at radius 2 is 2.06 bits per heavy atom. The fourth-order valence-electron chi connectivity index (χ4n) is 1.85. The number of hydrogen-bond donors (Lipinski definition) is 1. The van der Waals surface area contributed by atoms with Gasteiger partial charge >= 0.3 is 0 Å². The van der Waals surface area contributed by atoms with Gasteiger partial charge in [-0.25, -0.2) is 0 Å². The summed E-state index contributed by atoms with van der Waals surface area (Å²) >= 11 is 0. The van der Waals surface area contributed by atoms with Gasteiger partial charge in [-0.1, -0.05) is 6.07 Å². The number of ether oxygens (including phenoxy) is 3. The number of rotatable bonds is 5. The Balaban J connectivity index is 2.00. The van der Waals surface area contributed by atoms with Crippen LogP contribution < -0.4 is 9.47 Å². The molecule has 1 atom stereocenters. The van der Waals surface area contributed by atoms with Crippen molar-refractivity contribution in [2.75, 3.05) is 26.9 Å². The molecule has 2 rings (SSSR count). The van der Waals surface area contributed by atoms with Gasteiger partial charge in [0.05, 0.1) is 6.10 Å². The molecule has 0 amide bonds. The highest BCUT2D eigenvalue weighted by molar-refractivity contribution is 5.44. The summed E-state index contributed by atoms with van der Waals surface area (Å²) in [5.74, 6) is 1.48. The summed E-state index contributed by atoms with van der Waals surface area (Å²) in [4.78, 5) is 0. The fraction of sp³-hybridized carbons (Fsp3) is 0.538. The summed E-state index contributed by atoms with van der Waals surface area (Å²) in [6, 6.07) is 5.58. The Hall–Kier alpha value is -1.26. The number of aliphatic hydroxyl groups excluding tert-OH is 1. The molecule has 1 heterocycles. The molecule has 0 fully saturated rings. The summed E-state index contributed by atoms with van der Waals surface area (Å²) in [5.41, 5.74) is 0.866. The molecule has 0 aliphatic carbocycles. The molecule has 1 N–H and O–H groups in total. The zero-order valence-electron chi connectivity index (χ0n) is 10.0. The first-order valence-corrected chi connectivity index (χ1v) is 5.88. The van der Waals surface area contributed by atoms with Crippen LogP contribution in [-0.2, 0) is 4.74 Å². The molecule has 0 spiro atoms. The molecule has 17 heavy (non-hydrogen) atoms. The second-order valence-corrected chi connectivity index (χ2v) is 4.05. The second-order valence-electron chi connectivity index (χ2n) is 4.05. The molecule has 4 heteroatoms. The van der Waals surface area contributed by atoms with Crippen LogP contribution in [0.25, 0.3) is 0 Å². The first kappa shape index (κ1) is 12.2. The van der Waals surface area contributed by atoms with E-state index in [9.17, 15) is 5.11 Å². The maximum Gasteiger partial charge on any atom is 0.161 e. The Labute approximate surface area is 101 Å². The van der Waals surface area contributed by atoms with Gasteiger partial charge in [-0.05, 0) is 30.5 Å². The highest BCUT2D eigenvalue weighted by Gasteiger charge is 2.15. The summed E-state index contributed by atoms with van der Waals surface area (Å²) < 4.78 is 15.9. The summed E-state index contributed by atoms with van der Waals surface area (Å²) in [5, 5.41) is 10.00. The Morgan fingerprint density at radius 1 is 1.29 bits per heavy atom. The third-order valence-corrected chi connectivity index (χ3v) is 2.78. The van der Waals surface area contributed by atoms with Gasteiger partial charge < -0.3 is 19.3 Å². The molecule has 1 unspecified atom stereocenters. The highest BCUT2D eigenvalue weighted by Crippen LogP contribution is 2.33. The van der Waals surface area contributed by atoms with E-state index < -0.39 is 6.10 Å². The van der Waals surface area contributed by atoms with Crippen LogP contribution in [0.3, 0.4) is 0 Å². The standard InChI is InChI=1S/C13H18O4/c1-15-6-2-3-11(14)10-4-5-12-13(9-10)17-8-7-16-12/h4-5,9,11,14H,2-3,6-8H2,1H3. The quantitative estimate of drug-likeness (QED) is 0.796. The van der Waals surface area contributed by atoms with Gasteiger partial charge in [-0.2, -0.15) is 0 Å². The fourth-order valence-corrected chi connectivity index (χ4v) is 1.85. The van der Waals surface area contributed by atoms with E-state index in [0.717, 1.165) is 23.5 Å². The Bertz CT molecular complexity index is 364. The molecule has 1 aromatic rings. The van der Waals surface area contributed by atoms with E-state index in [1.807, 2.05) is 18.2 Å². The van der Waals surface area contributed by atoms with Gasteiger partial charge in [0, 0.05) is 13.7 Å². The van der Waals surface area contributed by atoms with E-state index in [0.29, 0.717) is 26.2 Å². The number of aliphatic hydroxyl groups is 1. The number of fused-ring (bicyclic) bond motifs is 1. The summed E-state index contributed by atoms with van der Waals surface area (Å²) in [6.07, 6.45) is 1.06. The molecule has 0 saturated heterocycles. The third-order valence-electron chi connectivity index (χ3n) is 2.78. The minimum Gasteiger partial charge on any atom is -0.486 e. The molecule has 94 valence electrons. The Kier molecular flexibility index (Phi) is 4.23. The summed E-state index contributed by atoms with van der Waals surface area (Å²) in [7, 11) is 1.66. The van der Waals surface area contributed by atoms with Crippen LogP contribution in [0.2, 0.25) is 0 Å². The molecule has 0 radical (unpaired) electrons. The van der Waals surface area contributed by atoms with Gasteiger partial charge in [0.15, 0.2) is 11.5 Å². The molecular weight excluding hydrogens is 220 g/mol. The number of methoxy groups -OCH3 is 1. The molecule has 1 aliphatic rings. The van der Waals surface area contributed by atoms with Crippen molar-refractivity contribution < 1.29 is 19.3 Å². The molecule has 1 aliphatic heterocycles. The lowest BCUT2D eigenvalue weighted by atomic mass is 10.0. The topological polar surface area (TPSA) is 47.9 Å². The lowest BCUT2D eigenvalue weighted by Gasteiger charge is -2.20. The molecule has 0 bridgehead atoms. The van der Waals surface area contributed by atoms with E-state index in [1.165, 1.54) is 0 Å². The van der Waals surface area contributed by atoms with Gasteiger partial charge in [0.25, 0.3) is 0 Å². The van der Waals surface area contributed by atoms with E-state index in [-0.39, 0.29) is 0 Å². The molecule has 1 aromatic carbocycles. The largest absolute Gasteiger partial charge is 0.486 e. The zero-order valence-corrected chi connectivity index (χ0v) is 10.0. The van der Waals surface area contributed by atoms with E-state index in [1.54, 1.807) is 7.11 Å². The van der Waals surface area contributed by atoms with Crippen LogP contribution in [-0.4, -0.2) is 32.0 Å². The molecule has 0 aromatic heterocycles. The highest BCUT2D eigenvalue weighted by atomic mass is 16.6. The van der Waals surface area contributed by atoms with Crippen LogP contribution in [0.1, 0.15) is 24.5 Å². The zero-order chi connectivity index (χ0) is 12.1. The van der Waals surface area contributed by atoms with Gasteiger partial charge in [0.1, 0.15) is 13.2 Å². The van der Waals surface area contributed by atoms with Gasteiger partial charge in [0.2, 0.25) is 0 Å². The maximum atomic E-state index is 10.00. The number of hydrogen-bond acceptors (Lipinski definition) is 4. The predicted octanol–water partition coefficient (Wildman–Crippen LogP) is 1.92. The average molecular weight is 238 g/mol. The van der Waals surface area contributed by atoms with Crippen molar-refractivity contribution in [1.29, 1.82) is 0 Å². The predicted molar refractivity (Wildman–Crippen MR) is 63.5 cm³/mol. The molecular formula is C13H18O4. The van der Waals surface area contributed by atoms with Crippen LogP contribution >= 0.6 is 0 Å². The summed E-state index contributed by atoms with van der Waals surface area (Å²) in [6.45, 7) is 1.82. The first-order valence-electron chi connectivity index (χ1n) is 5.88. The van der Waals surface area contributed by atoms with Gasteiger partial charge in [-0.3, -0.25) is 0 Å². The molecule has 4 nitrogen and oxygen atoms in total. The molecule has 0 saturated carbocycles. The van der Waals surface area contributed by atoms with E-state index in [2.05, 4.69) is 0 Å². The number of benzene rings is 1.